The van der Waals surface area contributed by atoms with Crippen LogP contribution in [0.3, 0.4) is 0 Å². The molecule has 0 spiro atoms. The van der Waals surface area contributed by atoms with Crippen LogP contribution in [-0.4, -0.2) is 42.2 Å². The number of hydrogen-bond acceptors (Lipinski definition) is 3. The van der Waals surface area contributed by atoms with Crippen molar-refractivity contribution in [3.8, 4) is 0 Å². The van der Waals surface area contributed by atoms with Gasteiger partial charge < -0.3 is 9.96 Å². The summed E-state index contributed by atoms with van der Waals surface area (Å²) in [5.41, 5.74) is 0. The highest BCUT2D eigenvalue weighted by molar-refractivity contribution is 7.32. The zero-order valence-electron chi connectivity index (χ0n) is 10.0. The third-order valence-electron chi connectivity index (χ3n) is 2.13. The van der Waals surface area contributed by atoms with Crippen molar-refractivity contribution in [2.75, 3.05) is 21.1 Å². The first kappa shape index (κ1) is 17.3. The quantitative estimate of drug-likeness (QED) is 0.320. The molecule has 2 unspecified atom stereocenters. The molecule has 0 aliphatic carbocycles. The Morgan fingerprint density at radius 2 is 1.87 bits per heavy atom. The molecule has 2 atom stereocenters. The van der Waals surface area contributed by atoms with Crippen LogP contribution in [0.25, 0.3) is 0 Å². The predicted molar refractivity (Wildman–Crippen MR) is 58.8 cm³/mol. The van der Waals surface area contributed by atoms with Crippen molar-refractivity contribution >= 4 is 8.25 Å². The maximum atomic E-state index is 10.6. The first-order chi connectivity index (χ1) is 6.38. The number of hydrogen-bond donors (Lipinski definition) is 1. The molecular formula is C9H23NO4P+. The van der Waals surface area contributed by atoms with Crippen LogP contribution in [0.1, 0.15) is 32.6 Å². The molecule has 2 N–H and O–H groups in total. The first-order valence-electron chi connectivity index (χ1n) is 5.02. The second-order valence-corrected chi connectivity index (χ2v) is 5.10. The molecule has 5 nitrogen and oxygen atoms in total. The van der Waals surface area contributed by atoms with Crippen molar-refractivity contribution in [1.29, 1.82) is 0 Å². The average molecular weight is 240 g/mol. The summed E-state index contributed by atoms with van der Waals surface area (Å²) >= 11 is 0. The largest absolute Gasteiger partial charge is 0.870 e. The molecule has 0 saturated carbocycles. The van der Waals surface area contributed by atoms with Crippen LogP contribution in [-0.2, 0) is 9.09 Å². The Labute approximate surface area is 92.9 Å². The van der Waals surface area contributed by atoms with E-state index in [1.165, 1.54) is 0 Å². The lowest BCUT2D eigenvalue weighted by molar-refractivity contribution is -0.915. The third kappa shape index (κ3) is 8.90. The molecule has 6 heteroatoms. The monoisotopic (exact) mass is 240 g/mol. The van der Waals surface area contributed by atoms with Gasteiger partial charge in [0.05, 0.1) is 21.1 Å². The number of quaternary nitrogens is 1. The molecule has 0 amide bonds. The highest BCUT2D eigenvalue weighted by Gasteiger charge is 2.33. The molecule has 0 aliphatic rings. The lowest BCUT2D eigenvalue weighted by atomic mass is 10.2. The van der Waals surface area contributed by atoms with E-state index in [9.17, 15) is 4.57 Å². The van der Waals surface area contributed by atoms with Gasteiger partial charge in [0.2, 0.25) is 6.23 Å². The fourth-order valence-electron chi connectivity index (χ4n) is 1.25. The van der Waals surface area contributed by atoms with Crippen molar-refractivity contribution < 1.29 is 23.9 Å². The van der Waals surface area contributed by atoms with Crippen LogP contribution in [0.4, 0.5) is 0 Å². The van der Waals surface area contributed by atoms with Gasteiger partial charge >= 0.3 is 8.25 Å². The molecule has 15 heavy (non-hydrogen) atoms. The van der Waals surface area contributed by atoms with Crippen LogP contribution in [0, 0.1) is 0 Å². The Bertz CT molecular complexity index is 181. The van der Waals surface area contributed by atoms with Crippen LogP contribution in [0.15, 0.2) is 0 Å². The van der Waals surface area contributed by atoms with Gasteiger partial charge in [-0.2, -0.15) is 0 Å². The zero-order chi connectivity index (χ0) is 11.2. The van der Waals surface area contributed by atoms with Gasteiger partial charge in [-0.05, 0) is 6.42 Å². The summed E-state index contributed by atoms with van der Waals surface area (Å²) in [7, 11) is 3.41. The molecule has 0 aromatic heterocycles. The van der Waals surface area contributed by atoms with E-state index in [4.69, 9.17) is 9.42 Å². The summed E-state index contributed by atoms with van der Waals surface area (Å²) < 4.78 is 16.2. The van der Waals surface area contributed by atoms with Gasteiger partial charge in [0.15, 0.2) is 0 Å². The van der Waals surface area contributed by atoms with E-state index >= 15 is 0 Å². The van der Waals surface area contributed by atoms with Gasteiger partial charge in [0.1, 0.15) is 0 Å². The van der Waals surface area contributed by atoms with E-state index in [1.54, 1.807) is 0 Å². The minimum atomic E-state index is -2.49. The summed E-state index contributed by atoms with van der Waals surface area (Å²) in [5, 5.41) is 0. The van der Waals surface area contributed by atoms with Crippen LogP contribution in [0.5, 0.6) is 0 Å². The number of nitrogens with zero attached hydrogens (tertiary/aromatic N) is 1. The molecule has 0 radical (unpaired) electrons. The summed E-state index contributed by atoms with van der Waals surface area (Å²) in [5.74, 6) is 0. The lowest BCUT2D eigenvalue weighted by Crippen LogP contribution is -2.45. The van der Waals surface area contributed by atoms with E-state index in [0.29, 0.717) is 4.48 Å². The van der Waals surface area contributed by atoms with Crippen LogP contribution in [0.2, 0.25) is 0 Å². The topological polar surface area (TPSA) is 76.5 Å². The Morgan fingerprint density at radius 3 is 2.20 bits per heavy atom. The van der Waals surface area contributed by atoms with E-state index in [2.05, 4.69) is 6.92 Å². The first-order valence-corrected chi connectivity index (χ1v) is 6.15. The third-order valence-corrected chi connectivity index (χ3v) is 2.55. The fraction of sp³-hybridized carbons (Fsp3) is 1.00. The Balaban J connectivity index is 0. The van der Waals surface area contributed by atoms with Gasteiger partial charge in [-0.25, -0.2) is 0 Å². The van der Waals surface area contributed by atoms with Gasteiger partial charge in [-0.15, -0.1) is 4.89 Å². The minimum Gasteiger partial charge on any atom is -0.870 e. The van der Waals surface area contributed by atoms with Crippen molar-refractivity contribution in [2.45, 2.75) is 38.8 Å². The molecule has 92 valence electrons. The van der Waals surface area contributed by atoms with Crippen molar-refractivity contribution in [3.63, 3.8) is 0 Å². The summed E-state index contributed by atoms with van der Waals surface area (Å²) in [6, 6.07) is 0. The smallest absolute Gasteiger partial charge is 0.700 e. The van der Waals surface area contributed by atoms with E-state index in [-0.39, 0.29) is 11.7 Å². The van der Waals surface area contributed by atoms with Crippen molar-refractivity contribution in [2.24, 2.45) is 0 Å². The minimum absolute atomic E-state index is 0. The second-order valence-electron chi connectivity index (χ2n) is 4.41. The highest BCUT2D eigenvalue weighted by atomic mass is 31.1. The highest BCUT2D eigenvalue weighted by Crippen LogP contribution is 2.25. The maximum Gasteiger partial charge on any atom is 0.700 e. The predicted octanol–water partition coefficient (Wildman–Crippen LogP) is 2.09. The average Bonchev–Trinajstić information content (AvgIpc) is 2.00. The van der Waals surface area contributed by atoms with Crippen molar-refractivity contribution in [3.05, 3.63) is 0 Å². The Hall–Kier alpha value is -0.0600. The molecular weight excluding hydrogens is 217 g/mol. The Kier molecular flexibility index (Phi) is 9.40. The molecule has 0 aliphatic heterocycles. The molecule has 0 heterocycles. The molecule has 0 aromatic carbocycles. The molecule has 0 saturated heterocycles. The summed E-state index contributed by atoms with van der Waals surface area (Å²) in [6.45, 7) is 2.13. The van der Waals surface area contributed by atoms with Gasteiger partial charge in [0, 0.05) is 11.0 Å². The second kappa shape index (κ2) is 8.13. The maximum absolute atomic E-state index is 10.6. The van der Waals surface area contributed by atoms with Crippen LogP contribution < -0.4 is 0 Å². The molecule has 0 fully saturated rings. The fourth-order valence-corrected chi connectivity index (χ4v) is 1.85. The molecule has 0 aromatic rings. The van der Waals surface area contributed by atoms with Crippen molar-refractivity contribution in [1.82, 2.24) is 0 Å². The number of rotatable bonds is 7. The normalized spacial score (nSPS) is 14.3. The summed E-state index contributed by atoms with van der Waals surface area (Å²) in [6.07, 6.45) is 3.98. The van der Waals surface area contributed by atoms with Gasteiger partial charge in [0.25, 0.3) is 0 Å². The molecule has 0 bridgehead atoms. The zero-order valence-corrected chi connectivity index (χ0v) is 10.9. The lowest BCUT2D eigenvalue weighted by Gasteiger charge is -2.29. The van der Waals surface area contributed by atoms with Gasteiger partial charge in [-0.1, -0.05) is 24.3 Å². The SMILES string of the molecule is CCCCCC(O[P+](=O)O)[N+](C)(C)C.[OH-]. The van der Waals surface area contributed by atoms with E-state index in [1.807, 2.05) is 21.1 Å². The Morgan fingerprint density at radius 1 is 1.33 bits per heavy atom. The standard InChI is InChI=1S/C9H21NO3P.H2O/c1-5-6-7-8-9(10(2,3)4)13-14(11)12;/h9H,5-8H2,1-4H3;1H2/q+1;. The molecule has 0 rings (SSSR count). The van der Waals surface area contributed by atoms with Crippen LogP contribution >= 0.6 is 8.25 Å². The van der Waals surface area contributed by atoms with Gasteiger partial charge in [-0.3, -0.25) is 0 Å². The van der Waals surface area contributed by atoms with E-state index < -0.39 is 8.25 Å². The number of unbranched alkanes of at least 4 members (excludes halogenated alkanes) is 2. The summed E-state index contributed by atoms with van der Waals surface area (Å²) in [4.78, 5) is 8.72. The van der Waals surface area contributed by atoms with E-state index in [0.717, 1.165) is 25.7 Å².